The molecule has 1 fully saturated rings. The Hall–Kier alpha value is -2.45. The monoisotopic (exact) mass is 376 g/mol. The number of nitrogens with zero attached hydrogens (tertiary/aromatic N) is 3. The van der Waals surface area contributed by atoms with Gasteiger partial charge in [0, 0.05) is 58.9 Å². The highest BCUT2D eigenvalue weighted by Crippen LogP contribution is 2.13. The molecule has 1 aromatic carbocycles. The lowest BCUT2D eigenvalue weighted by atomic mass is 10.0. The molecule has 2 amide bonds. The minimum Gasteiger partial charge on any atom is -0.481 e. The molecule has 1 saturated heterocycles. The first-order valence-electron chi connectivity index (χ1n) is 9.07. The van der Waals surface area contributed by atoms with E-state index in [1.807, 2.05) is 23.1 Å². The average Bonchev–Trinajstić information content (AvgIpc) is 2.63. The summed E-state index contributed by atoms with van der Waals surface area (Å²) in [4.78, 5) is 41.2. The van der Waals surface area contributed by atoms with E-state index in [4.69, 9.17) is 0 Å². The highest BCUT2D eigenvalue weighted by Gasteiger charge is 2.27. The number of likely N-dealkylation sites (N-methyl/N-ethyl adjacent to an activating group) is 1. The second-order valence-electron chi connectivity index (χ2n) is 7.02. The van der Waals surface area contributed by atoms with Crippen molar-refractivity contribution in [3.05, 3.63) is 30.3 Å². The van der Waals surface area contributed by atoms with Crippen molar-refractivity contribution in [2.24, 2.45) is 5.92 Å². The van der Waals surface area contributed by atoms with Crippen LogP contribution >= 0.6 is 0 Å². The first kappa shape index (κ1) is 20.9. The zero-order valence-electron chi connectivity index (χ0n) is 15.9. The average molecular weight is 376 g/mol. The number of anilines is 1. The number of piperazine rings is 1. The Labute approximate surface area is 159 Å². The predicted octanol–water partition coefficient (Wildman–Crippen LogP) is 0.422. The number of carbonyl (C=O) groups is 3. The fourth-order valence-electron chi connectivity index (χ4n) is 2.96. The van der Waals surface area contributed by atoms with Crippen LogP contribution in [-0.4, -0.2) is 91.0 Å². The van der Waals surface area contributed by atoms with Crippen LogP contribution < -0.4 is 5.32 Å². The van der Waals surface area contributed by atoms with Gasteiger partial charge in [-0.15, -0.1) is 0 Å². The summed E-state index contributed by atoms with van der Waals surface area (Å²) in [6.07, 6.45) is -0.0659. The Morgan fingerprint density at radius 2 is 1.67 bits per heavy atom. The van der Waals surface area contributed by atoms with E-state index >= 15 is 0 Å². The summed E-state index contributed by atoms with van der Waals surface area (Å²) in [6.45, 7) is 3.50. The minimum absolute atomic E-state index is 0.0597. The molecule has 148 valence electrons. The number of nitrogens with one attached hydrogen (secondary N) is 1. The molecule has 27 heavy (non-hydrogen) atoms. The summed E-state index contributed by atoms with van der Waals surface area (Å²) in [5.41, 5.74) is 0.658. The van der Waals surface area contributed by atoms with Gasteiger partial charge in [0.1, 0.15) is 0 Å². The molecule has 1 heterocycles. The lowest BCUT2D eigenvalue weighted by Gasteiger charge is -2.35. The number of hydrogen-bond acceptors (Lipinski definition) is 5. The molecule has 0 saturated carbocycles. The van der Waals surface area contributed by atoms with Crippen LogP contribution in [0.2, 0.25) is 0 Å². The van der Waals surface area contributed by atoms with Gasteiger partial charge in [0.05, 0.1) is 12.5 Å². The molecular formula is C19H28N4O4. The fraction of sp³-hybridized carbons (Fsp3) is 0.526. The van der Waals surface area contributed by atoms with Gasteiger partial charge in [0.25, 0.3) is 0 Å². The third-order valence-corrected chi connectivity index (χ3v) is 4.64. The van der Waals surface area contributed by atoms with Gasteiger partial charge in [-0.1, -0.05) is 18.2 Å². The van der Waals surface area contributed by atoms with E-state index in [1.54, 1.807) is 31.1 Å². The van der Waals surface area contributed by atoms with Crippen molar-refractivity contribution in [3.8, 4) is 0 Å². The number of amides is 2. The van der Waals surface area contributed by atoms with Crippen LogP contribution in [0.25, 0.3) is 0 Å². The smallest absolute Gasteiger partial charge is 0.308 e. The minimum atomic E-state index is -0.969. The largest absolute Gasteiger partial charge is 0.481 e. The molecule has 0 bridgehead atoms. The van der Waals surface area contributed by atoms with Gasteiger partial charge in [-0.05, 0) is 12.1 Å². The standard InChI is InChI=1S/C19H28N4O4/c1-21(2)18(25)14-23-10-8-22(9-11-23)13-15(19(26)27)12-17(24)20-16-6-4-3-5-7-16/h3-7,15H,8-14H2,1-2H3,(H,20,24)(H,26,27). The molecule has 1 aromatic rings. The van der Waals surface area contributed by atoms with E-state index in [9.17, 15) is 19.5 Å². The van der Waals surface area contributed by atoms with E-state index in [1.165, 1.54) is 0 Å². The van der Waals surface area contributed by atoms with Crippen LogP contribution in [0.5, 0.6) is 0 Å². The second kappa shape index (κ2) is 10.0. The van der Waals surface area contributed by atoms with Crippen LogP contribution in [-0.2, 0) is 14.4 Å². The molecule has 0 radical (unpaired) electrons. The SMILES string of the molecule is CN(C)C(=O)CN1CCN(CC(CC(=O)Nc2ccccc2)C(=O)O)CC1. The molecule has 1 aliphatic heterocycles. The van der Waals surface area contributed by atoms with Gasteiger partial charge in [-0.25, -0.2) is 0 Å². The van der Waals surface area contributed by atoms with Crippen molar-refractivity contribution >= 4 is 23.5 Å². The van der Waals surface area contributed by atoms with Gasteiger partial charge in [0.2, 0.25) is 11.8 Å². The second-order valence-corrected chi connectivity index (χ2v) is 7.02. The maximum absolute atomic E-state index is 12.2. The van der Waals surface area contributed by atoms with Crippen LogP contribution in [0.4, 0.5) is 5.69 Å². The summed E-state index contributed by atoms with van der Waals surface area (Å²) in [5.74, 6) is -1.97. The van der Waals surface area contributed by atoms with E-state index in [2.05, 4.69) is 10.2 Å². The third kappa shape index (κ3) is 6.99. The highest BCUT2D eigenvalue weighted by molar-refractivity contribution is 5.93. The summed E-state index contributed by atoms with van der Waals surface area (Å²) in [5, 5.41) is 12.2. The van der Waals surface area contributed by atoms with Gasteiger partial charge in [-0.2, -0.15) is 0 Å². The van der Waals surface area contributed by atoms with Gasteiger partial charge in [0.15, 0.2) is 0 Å². The van der Waals surface area contributed by atoms with E-state index in [0.29, 0.717) is 45.0 Å². The first-order valence-corrected chi connectivity index (χ1v) is 9.07. The van der Waals surface area contributed by atoms with Crippen molar-refractivity contribution < 1.29 is 19.5 Å². The molecule has 1 unspecified atom stereocenters. The maximum Gasteiger partial charge on any atom is 0.308 e. The maximum atomic E-state index is 12.2. The Balaban J connectivity index is 1.80. The number of carboxylic acids is 1. The zero-order valence-corrected chi connectivity index (χ0v) is 15.9. The topological polar surface area (TPSA) is 93.2 Å². The lowest BCUT2D eigenvalue weighted by molar-refractivity contribution is -0.144. The molecule has 1 atom stereocenters. The number of carbonyl (C=O) groups excluding carboxylic acids is 2. The fourth-order valence-corrected chi connectivity index (χ4v) is 2.96. The van der Waals surface area contributed by atoms with Crippen molar-refractivity contribution in [1.82, 2.24) is 14.7 Å². The quantitative estimate of drug-likeness (QED) is 0.683. The van der Waals surface area contributed by atoms with E-state index < -0.39 is 11.9 Å². The molecule has 8 nitrogen and oxygen atoms in total. The van der Waals surface area contributed by atoms with Gasteiger partial charge >= 0.3 is 5.97 Å². The third-order valence-electron chi connectivity index (χ3n) is 4.64. The molecule has 0 aliphatic carbocycles. The first-order chi connectivity index (χ1) is 12.8. The number of aliphatic carboxylic acids is 1. The number of para-hydroxylation sites is 1. The number of rotatable bonds is 8. The van der Waals surface area contributed by atoms with Crippen LogP contribution in [0.1, 0.15) is 6.42 Å². The molecule has 1 aliphatic rings. The highest BCUT2D eigenvalue weighted by atomic mass is 16.4. The normalized spacial score (nSPS) is 16.5. The molecule has 2 N–H and O–H groups in total. The number of benzene rings is 1. The summed E-state index contributed by atoms with van der Waals surface area (Å²) in [6, 6.07) is 9.00. The predicted molar refractivity (Wildman–Crippen MR) is 102 cm³/mol. The summed E-state index contributed by atoms with van der Waals surface area (Å²) >= 11 is 0. The lowest BCUT2D eigenvalue weighted by Crippen LogP contribution is -2.50. The molecule has 8 heteroatoms. The van der Waals surface area contributed by atoms with E-state index in [0.717, 1.165) is 0 Å². The Kier molecular flexibility index (Phi) is 7.75. The molecule has 0 spiro atoms. The van der Waals surface area contributed by atoms with Crippen molar-refractivity contribution in [2.75, 3.05) is 58.7 Å². The van der Waals surface area contributed by atoms with Crippen LogP contribution in [0.3, 0.4) is 0 Å². The Morgan fingerprint density at radius 3 is 2.22 bits per heavy atom. The van der Waals surface area contributed by atoms with Gasteiger partial charge < -0.3 is 15.3 Å². The van der Waals surface area contributed by atoms with Crippen molar-refractivity contribution in [2.45, 2.75) is 6.42 Å². The Bertz CT molecular complexity index is 642. The molecule has 2 rings (SSSR count). The summed E-state index contributed by atoms with van der Waals surface area (Å²) in [7, 11) is 3.47. The molecule has 0 aromatic heterocycles. The number of carboxylic acid groups (broad SMARTS) is 1. The summed E-state index contributed by atoms with van der Waals surface area (Å²) < 4.78 is 0. The van der Waals surface area contributed by atoms with Crippen molar-refractivity contribution in [3.63, 3.8) is 0 Å². The molecular weight excluding hydrogens is 348 g/mol. The van der Waals surface area contributed by atoms with Crippen LogP contribution in [0.15, 0.2) is 30.3 Å². The van der Waals surface area contributed by atoms with Crippen LogP contribution in [0, 0.1) is 5.92 Å². The Morgan fingerprint density at radius 1 is 1.07 bits per heavy atom. The van der Waals surface area contributed by atoms with E-state index in [-0.39, 0.29) is 18.2 Å². The number of hydrogen-bond donors (Lipinski definition) is 2. The van der Waals surface area contributed by atoms with Gasteiger partial charge in [-0.3, -0.25) is 24.2 Å². The zero-order chi connectivity index (χ0) is 19.8. The van der Waals surface area contributed by atoms with Crippen molar-refractivity contribution in [1.29, 1.82) is 0 Å².